The number of rotatable bonds is 1. The highest BCUT2D eigenvalue weighted by molar-refractivity contribution is 14.1. The zero-order chi connectivity index (χ0) is 9.26. The highest BCUT2D eigenvalue weighted by Crippen LogP contribution is 2.14. The van der Waals surface area contributed by atoms with Crippen molar-refractivity contribution < 1.29 is 0 Å². The van der Waals surface area contributed by atoms with Crippen molar-refractivity contribution in [1.29, 1.82) is 0 Å². The van der Waals surface area contributed by atoms with Crippen molar-refractivity contribution in [2.75, 3.05) is 5.84 Å². The van der Waals surface area contributed by atoms with E-state index in [4.69, 9.17) is 5.84 Å². The number of hydrogen-bond acceptors (Lipinski definition) is 4. The third-order valence-corrected chi connectivity index (χ3v) is 2.25. The van der Waals surface area contributed by atoms with Crippen LogP contribution in [0.3, 0.4) is 0 Å². The smallest absolute Gasteiger partial charge is 0.207 e. The van der Waals surface area contributed by atoms with Crippen molar-refractivity contribution in [1.82, 2.24) is 20.3 Å². The number of aromatic nitrogens is 4. The lowest BCUT2D eigenvalue weighted by atomic mass is 10.2. The predicted octanol–water partition coefficient (Wildman–Crippen LogP) is 0.658. The Morgan fingerprint density at radius 3 is 2.46 bits per heavy atom. The maximum Gasteiger partial charge on any atom is 0.207 e. The van der Waals surface area contributed by atoms with Gasteiger partial charge in [-0.15, -0.1) is 10.2 Å². The molecule has 13 heavy (non-hydrogen) atoms. The van der Waals surface area contributed by atoms with Gasteiger partial charge in [-0.1, -0.05) is 17.0 Å². The summed E-state index contributed by atoms with van der Waals surface area (Å²) >= 11 is 2.23. The van der Waals surface area contributed by atoms with Gasteiger partial charge in [0.05, 0.1) is 0 Å². The quantitative estimate of drug-likeness (QED) is 0.618. The average Bonchev–Trinajstić information content (AvgIpc) is 2.53. The minimum Gasteiger partial charge on any atom is -0.304 e. The fourth-order valence-electron chi connectivity index (χ4n) is 0.940. The number of hydrogen-bond donors (Lipinski definition) is 1. The summed E-state index contributed by atoms with van der Waals surface area (Å²) in [6, 6.07) is 7.82. The van der Waals surface area contributed by atoms with Gasteiger partial charge in [-0.05, 0) is 39.9 Å². The van der Waals surface area contributed by atoms with E-state index in [1.54, 1.807) is 0 Å². The highest BCUT2D eigenvalue weighted by Gasteiger charge is 2.02. The molecule has 0 spiro atoms. The van der Waals surface area contributed by atoms with Crippen LogP contribution in [0.4, 0.5) is 0 Å². The van der Waals surface area contributed by atoms with E-state index in [0.717, 1.165) is 10.5 Å². The van der Waals surface area contributed by atoms with Crippen molar-refractivity contribution in [3.63, 3.8) is 0 Å². The lowest BCUT2D eigenvalue weighted by molar-refractivity contribution is 0.679. The number of nitrogens with zero attached hydrogens (tertiary/aromatic N) is 4. The van der Waals surface area contributed by atoms with Crippen LogP contribution >= 0.6 is 22.6 Å². The van der Waals surface area contributed by atoms with E-state index in [1.165, 1.54) is 3.57 Å². The topological polar surface area (TPSA) is 69.6 Å². The third kappa shape index (κ3) is 1.77. The molecule has 0 aliphatic carbocycles. The molecule has 2 N–H and O–H groups in total. The maximum absolute atomic E-state index is 5.28. The van der Waals surface area contributed by atoms with Gasteiger partial charge in [-0.2, -0.15) is 0 Å². The van der Waals surface area contributed by atoms with Gasteiger partial charge < -0.3 is 5.84 Å². The molecular weight excluding hydrogens is 281 g/mol. The summed E-state index contributed by atoms with van der Waals surface area (Å²) in [7, 11) is 0. The molecule has 0 saturated heterocycles. The average molecular weight is 287 g/mol. The van der Waals surface area contributed by atoms with Crippen LogP contribution < -0.4 is 5.84 Å². The zero-order valence-electron chi connectivity index (χ0n) is 6.55. The minimum atomic E-state index is 0.541. The molecule has 0 amide bonds. The first-order valence-corrected chi connectivity index (χ1v) is 4.64. The summed E-state index contributed by atoms with van der Waals surface area (Å²) in [4.78, 5) is 0.952. The van der Waals surface area contributed by atoms with Gasteiger partial charge in [0.1, 0.15) is 0 Å². The van der Waals surface area contributed by atoms with Crippen LogP contribution in [0, 0.1) is 3.57 Å². The standard InChI is InChI=1S/C7H6IN5/c8-6-3-1-5(2-4-6)7-10-12-13(9)11-7/h1-4H,9H2. The Bertz CT molecular complexity index is 407. The van der Waals surface area contributed by atoms with E-state index in [1.807, 2.05) is 24.3 Å². The van der Waals surface area contributed by atoms with Gasteiger partial charge >= 0.3 is 0 Å². The van der Waals surface area contributed by atoms with Gasteiger partial charge in [0, 0.05) is 9.13 Å². The molecule has 0 aliphatic rings. The lowest BCUT2D eigenvalue weighted by Gasteiger charge is -1.93. The predicted molar refractivity (Wildman–Crippen MR) is 56.1 cm³/mol. The van der Waals surface area contributed by atoms with Gasteiger partial charge in [-0.3, -0.25) is 0 Å². The van der Waals surface area contributed by atoms with Crippen LogP contribution in [0.1, 0.15) is 0 Å². The Kier molecular flexibility index (Phi) is 2.13. The molecule has 0 aliphatic heterocycles. The molecule has 0 bridgehead atoms. The molecule has 0 atom stereocenters. The summed E-state index contributed by atoms with van der Waals surface area (Å²) < 4.78 is 1.17. The maximum atomic E-state index is 5.28. The molecule has 0 fully saturated rings. The van der Waals surface area contributed by atoms with Crippen LogP contribution in [0.2, 0.25) is 0 Å². The second-order valence-electron chi connectivity index (χ2n) is 2.44. The number of tetrazole rings is 1. The molecule has 1 aromatic heterocycles. The molecular formula is C7H6IN5. The molecule has 2 rings (SSSR count). The van der Waals surface area contributed by atoms with Crippen LogP contribution in [-0.4, -0.2) is 20.3 Å². The Labute approximate surface area is 88.0 Å². The first-order valence-electron chi connectivity index (χ1n) is 3.57. The van der Waals surface area contributed by atoms with Crippen molar-refractivity contribution in [2.24, 2.45) is 0 Å². The molecule has 5 nitrogen and oxygen atoms in total. The number of nitrogens with two attached hydrogens (primary N) is 1. The summed E-state index contributed by atoms with van der Waals surface area (Å²) in [5.74, 6) is 5.82. The molecule has 66 valence electrons. The first kappa shape index (κ1) is 8.42. The van der Waals surface area contributed by atoms with E-state index in [0.29, 0.717) is 5.82 Å². The Morgan fingerprint density at radius 1 is 1.23 bits per heavy atom. The molecule has 0 unspecified atom stereocenters. The molecule has 0 saturated carbocycles. The highest BCUT2D eigenvalue weighted by atomic mass is 127. The summed E-state index contributed by atoms with van der Waals surface area (Å²) in [6.45, 7) is 0. The molecule has 1 aromatic carbocycles. The van der Waals surface area contributed by atoms with E-state index in [2.05, 4.69) is 38.0 Å². The van der Waals surface area contributed by atoms with Gasteiger partial charge in [0.15, 0.2) is 0 Å². The number of nitrogen functional groups attached to an aromatic ring is 1. The fraction of sp³-hybridized carbons (Fsp3) is 0. The van der Waals surface area contributed by atoms with Crippen molar-refractivity contribution in [3.05, 3.63) is 27.8 Å². The van der Waals surface area contributed by atoms with Gasteiger partial charge in [-0.25, -0.2) is 0 Å². The Balaban J connectivity index is 2.41. The largest absolute Gasteiger partial charge is 0.304 e. The van der Waals surface area contributed by atoms with Crippen molar-refractivity contribution in [2.45, 2.75) is 0 Å². The first-order chi connectivity index (χ1) is 6.25. The third-order valence-electron chi connectivity index (χ3n) is 1.53. The Morgan fingerprint density at radius 2 is 1.92 bits per heavy atom. The van der Waals surface area contributed by atoms with Crippen LogP contribution in [0.5, 0.6) is 0 Å². The second-order valence-corrected chi connectivity index (χ2v) is 3.69. The van der Waals surface area contributed by atoms with Crippen molar-refractivity contribution >= 4 is 22.6 Å². The molecule has 6 heteroatoms. The zero-order valence-corrected chi connectivity index (χ0v) is 8.71. The minimum absolute atomic E-state index is 0.541. The van der Waals surface area contributed by atoms with E-state index in [9.17, 15) is 0 Å². The summed E-state index contributed by atoms with van der Waals surface area (Å²) in [5, 5.41) is 11.2. The van der Waals surface area contributed by atoms with Crippen molar-refractivity contribution in [3.8, 4) is 11.4 Å². The van der Waals surface area contributed by atoms with E-state index < -0.39 is 0 Å². The van der Waals surface area contributed by atoms with Crippen LogP contribution in [0.25, 0.3) is 11.4 Å². The summed E-state index contributed by atoms with van der Waals surface area (Å²) in [6.07, 6.45) is 0. The molecule has 0 radical (unpaired) electrons. The second kappa shape index (κ2) is 3.29. The number of halogens is 1. The number of benzene rings is 1. The van der Waals surface area contributed by atoms with E-state index >= 15 is 0 Å². The van der Waals surface area contributed by atoms with Gasteiger partial charge in [0.25, 0.3) is 0 Å². The normalized spacial score (nSPS) is 10.2. The van der Waals surface area contributed by atoms with Gasteiger partial charge in [0.2, 0.25) is 5.82 Å². The van der Waals surface area contributed by atoms with E-state index in [-0.39, 0.29) is 0 Å². The Hall–Kier alpha value is -1.18. The monoisotopic (exact) mass is 287 g/mol. The fourth-order valence-corrected chi connectivity index (χ4v) is 1.30. The SMILES string of the molecule is Nn1nnc(-c2ccc(I)cc2)n1. The molecule has 2 aromatic rings. The molecule has 1 heterocycles. The lowest BCUT2D eigenvalue weighted by Crippen LogP contribution is -2.11. The van der Waals surface area contributed by atoms with Crippen LogP contribution in [-0.2, 0) is 0 Å². The van der Waals surface area contributed by atoms with Crippen LogP contribution in [0.15, 0.2) is 24.3 Å². The summed E-state index contributed by atoms with van der Waals surface area (Å²) in [5.41, 5.74) is 0.914.